The average molecular weight is 197 g/mol. The molecule has 0 bridgehead atoms. The number of ketones is 1. The number of rotatable bonds is 2. The molecule has 0 aromatic rings. The van der Waals surface area contributed by atoms with E-state index in [1.54, 1.807) is 0 Å². The van der Waals surface area contributed by atoms with Crippen molar-refractivity contribution in [3.8, 4) is 0 Å². The van der Waals surface area contributed by atoms with Crippen molar-refractivity contribution in [3.63, 3.8) is 0 Å². The summed E-state index contributed by atoms with van der Waals surface area (Å²) in [6.07, 6.45) is 2.61. The quantitative estimate of drug-likeness (QED) is 0.691. The second-order valence-corrected chi connectivity index (χ2v) is 4.05. The van der Waals surface area contributed by atoms with Crippen molar-refractivity contribution in [2.75, 3.05) is 13.2 Å². The molecule has 1 aliphatic carbocycles. The van der Waals surface area contributed by atoms with Gasteiger partial charge in [-0.3, -0.25) is 9.59 Å². The molecular weight excluding hydrogens is 182 g/mol. The first kappa shape index (κ1) is 9.65. The first-order valence-electron chi connectivity index (χ1n) is 5.15. The Morgan fingerprint density at radius 1 is 1.43 bits per heavy atom. The van der Waals surface area contributed by atoms with Crippen LogP contribution in [0.3, 0.4) is 0 Å². The Morgan fingerprint density at radius 3 is 2.86 bits per heavy atom. The van der Waals surface area contributed by atoms with Gasteiger partial charge < -0.3 is 10.1 Å². The van der Waals surface area contributed by atoms with Gasteiger partial charge in [0.15, 0.2) is 0 Å². The molecule has 0 aromatic heterocycles. The Balaban J connectivity index is 1.80. The van der Waals surface area contributed by atoms with E-state index in [4.69, 9.17) is 4.74 Å². The molecule has 1 aliphatic heterocycles. The van der Waals surface area contributed by atoms with Crippen LogP contribution in [0.5, 0.6) is 0 Å². The number of nitrogens with one attached hydrogen (secondary N) is 1. The average Bonchev–Trinajstić information content (AvgIpc) is 2.75. The lowest BCUT2D eigenvalue weighted by atomic mass is 10.1. The summed E-state index contributed by atoms with van der Waals surface area (Å²) in [4.78, 5) is 22.6. The highest BCUT2D eigenvalue weighted by atomic mass is 16.5. The minimum absolute atomic E-state index is 0.0337. The first-order valence-corrected chi connectivity index (χ1v) is 5.15. The Kier molecular flexibility index (Phi) is 2.82. The molecule has 2 atom stereocenters. The van der Waals surface area contributed by atoms with Crippen molar-refractivity contribution in [2.24, 2.45) is 5.92 Å². The fourth-order valence-corrected chi connectivity index (χ4v) is 2.01. The number of amides is 1. The number of carbonyl (C=O) groups is 2. The van der Waals surface area contributed by atoms with Crippen molar-refractivity contribution in [2.45, 2.75) is 31.7 Å². The van der Waals surface area contributed by atoms with Crippen LogP contribution in [-0.4, -0.2) is 30.9 Å². The van der Waals surface area contributed by atoms with Crippen molar-refractivity contribution in [3.05, 3.63) is 0 Å². The van der Waals surface area contributed by atoms with Gasteiger partial charge in [-0.2, -0.15) is 0 Å². The zero-order valence-corrected chi connectivity index (χ0v) is 8.12. The van der Waals surface area contributed by atoms with Gasteiger partial charge in [-0.05, 0) is 12.8 Å². The van der Waals surface area contributed by atoms with E-state index >= 15 is 0 Å². The Labute approximate surface area is 83.0 Å². The predicted molar refractivity (Wildman–Crippen MR) is 49.7 cm³/mol. The lowest BCUT2D eigenvalue weighted by Gasteiger charge is -2.13. The van der Waals surface area contributed by atoms with E-state index in [0.717, 1.165) is 19.4 Å². The SMILES string of the molecule is O=C1CCC(C(=O)NC2CCOC2)C1. The third-order valence-corrected chi connectivity index (χ3v) is 2.89. The lowest BCUT2D eigenvalue weighted by Crippen LogP contribution is -2.38. The van der Waals surface area contributed by atoms with Gasteiger partial charge in [0, 0.05) is 25.4 Å². The summed E-state index contributed by atoms with van der Waals surface area (Å²) >= 11 is 0. The topological polar surface area (TPSA) is 55.4 Å². The molecule has 1 heterocycles. The van der Waals surface area contributed by atoms with Crippen LogP contribution in [0.4, 0.5) is 0 Å². The Bertz CT molecular complexity index is 246. The molecule has 1 saturated heterocycles. The van der Waals surface area contributed by atoms with E-state index in [1.165, 1.54) is 0 Å². The zero-order valence-electron chi connectivity index (χ0n) is 8.12. The summed E-state index contributed by atoms with van der Waals surface area (Å²) in [5.41, 5.74) is 0. The Hall–Kier alpha value is -0.900. The number of hydrogen-bond donors (Lipinski definition) is 1. The molecule has 0 spiro atoms. The van der Waals surface area contributed by atoms with E-state index in [9.17, 15) is 9.59 Å². The van der Waals surface area contributed by atoms with Crippen LogP contribution >= 0.6 is 0 Å². The van der Waals surface area contributed by atoms with E-state index < -0.39 is 0 Å². The van der Waals surface area contributed by atoms with Gasteiger partial charge in [0.25, 0.3) is 0 Å². The van der Waals surface area contributed by atoms with E-state index in [1.807, 2.05) is 0 Å². The van der Waals surface area contributed by atoms with Gasteiger partial charge in [-0.1, -0.05) is 0 Å². The molecule has 14 heavy (non-hydrogen) atoms. The Morgan fingerprint density at radius 2 is 2.29 bits per heavy atom. The molecule has 4 heteroatoms. The van der Waals surface area contributed by atoms with Crippen molar-refractivity contribution in [1.29, 1.82) is 0 Å². The third kappa shape index (κ3) is 2.12. The summed E-state index contributed by atoms with van der Waals surface area (Å²) in [5, 5.41) is 2.93. The molecule has 1 saturated carbocycles. The van der Waals surface area contributed by atoms with Gasteiger partial charge in [-0.15, -0.1) is 0 Å². The van der Waals surface area contributed by atoms with Crippen molar-refractivity contribution >= 4 is 11.7 Å². The van der Waals surface area contributed by atoms with Crippen LogP contribution in [0, 0.1) is 5.92 Å². The number of hydrogen-bond acceptors (Lipinski definition) is 3. The van der Waals surface area contributed by atoms with E-state index in [2.05, 4.69) is 5.32 Å². The second kappa shape index (κ2) is 4.09. The van der Waals surface area contributed by atoms with Crippen LogP contribution < -0.4 is 5.32 Å². The molecular formula is C10H15NO3. The fraction of sp³-hybridized carbons (Fsp3) is 0.800. The molecule has 78 valence electrons. The molecule has 2 fully saturated rings. The molecule has 2 rings (SSSR count). The third-order valence-electron chi connectivity index (χ3n) is 2.89. The van der Waals surface area contributed by atoms with Crippen LogP contribution in [0.15, 0.2) is 0 Å². The molecule has 0 radical (unpaired) electrons. The molecule has 1 N–H and O–H groups in total. The maximum atomic E-state index is 11.6. The number of ether oxygens (including phenoxy) is 1. The van der Waals surface area contributed by atoms with Gasteiger partial charge in [0.1, 0.15) is 5.78 Å². The predicted octanol–water partition coefficient (Wildman–Crippen LogP) is 0.261. The van der Waals surface area contributed by atoms with Crippen molar-refractivity contribution in [1.82, 2.24) is 5.32 Å². The van der Waals surface area contributed by atoms with Crippen molar-refractivity contribution < 1.29 is 14.3 Å². The summed E-state index contributed by atoms with van der Waals surface area (Å²) in [6, 6.07) is 0.165. The largest absolute Gasteiger partial charge is 0.379 e. The fourth-order valence-electron chi connectivity index (χ4n) is 2.01. The lowest BCUT2D eigenvalue weighted by molar-refractivity contribution is -0.127. The number of Topliss-reactive ketones (excluding diaryl/α,β-unsaturated/α-hetero) is 1. The maximum Gasteiger partial charge on any atom is 0.223 e. The molecule has 2 unspecified atom stereocenters. The summed E-state index contributed by atoms with van der Waals surface area (Å²) in [6.45, 7) is 1.35. The van der Waals surface area contributed by atoms with Crippen LogP contribution in [0.1, 0.15) is 25.7 Å². The molecule has 2 aliphatic rings. The second-order valence-electron chi connectivity index (χ2n) is 4.05. The van der Waals surface area contributed by atoms with Gasteiger partial charge in [0.2, 0.25) is 5.91 Å². The van der Waals surface area contributed by atoms with Crippen LogP contribution in [0.25, 0.3) is 0 Å². The highest BCUT2D eigenvalue weighted by Gasteiger charge is 2.30. The van der Waals surface area contributed by atoms with Crippen LogP contribution in [0.2, 0.25) is 0 Å². The normalized spacial score (nSPS) is 32.1. The smallest absolute Gasteiger partial charge is 0.223 e. The monoisotopic (exact) mass is 197 g/mol. The first-order chi connectivity index (χ1) is 6.75. The van der Waals surface area contributed by atoms with Gasteiger partial charge in [0.05, 0.1) is 12.6 Å². The van der Waals surface area contributed by atoms with Gasteiger partial charge >= 0.3 is 0 Å². The highest BCUT2D eigenvalue weighted by molar-refractivity contribution is 5.90. The summed E-state index contributed by atoms with van der Waals surface area (Å²) in [5.74, 6) is 0.169. The highest BCUT2D eigenvalue weighted by Crippen LogP contribution is 2.22. The summed E-state index contributed by atoms with van der Waals surface area (Å²) in [7, 11) is 0. The zero-order chi connectivity index (χ0) is 9.97. The van der Waals surface area contributed by atoms with Gasteiger partial charge in [-0.25, -0.2) is 0 Å². The minimum Gasteiger partial charge on any atom is -0.379 e. The summed E-state index contributed by atoms with van der Waals surface area (Å²) < 4.78 is 5.16. The number of carbonyl (C=O) groups excluding carboxylic acids is 2. The van der Waals surface area contributed by atoms with E-state index in [-0.39, 0.29) is 23.7 Å². The molecule has 4 nitrogen and oxygen atoms in total. The minimum atomic E-state index is -0.0805. The standard InChI is InChI=1S/C10H15NO3/c12-9-2-1-7(5-9)10(13)11-8-3-4-14-6-8/h7-8H,1-6H2,(H,11,13). The van der Waals surface area contributed by atoms with E-state index in [0.29, 0.717) is 19.4 Å². The maximum absolute atomic E-state index is 11.6. The molecule has 1 amide bonds. The van der Waals surface area contributed by atoms with Crippen LogP contribution in [-0.2, 0) is 14.3 Å². The molecule has 0 aromatic carbocycles.